The lowest BCUT2D eigenvalue weighted by Gasteiger charge is -2.03. The number of hydrogen-bond acceptors (Lipinski definition) is 3. The molecule has 1 heterocycles. The van der Waals surface area contributed by atoms with Gasteiger partial charge in [-0.2, -0.15) is 5.10 Å². The van der Waals surface area contributed by atoms with Crippen LogP contribution in [0.4, 0.5) is 0 Å². The van der Waals surface area contributed by atoms with E-state index in [4.69, 9.17) is 10.9 Å². The Morgan fingerprint density at radius 3 is 2.80 bits per heavy atom. The van der Waals surface area contributed by atoms with Crippen LogP contribution < -0.4 is 5.73 Å². The number of oxime groups is 1. The van der Waals surface area contributed by atoms with Gasteiger partial charge in [-0.3, -0.25) is 4.68 Å². The van der Waals surface area contributed by atoms with Crippen molar-refractivity contribution in [2.24, 2.45) is 10.9 Å². The molecular formula is C10H18N4O. The second-order valence-corrected chi connectivity index (χ2v) is 3.70. The molecule has 1 rings (SSSR count). The van der Waals surface area contributed by atoms with Gasteiger partial charge in [0.25, 0.3) is 0 Å². The summed E-state index contributed by atoms with van der Waals surface area (Å²) in [6, 6.07) is 2.06. The van der Waals surface area contributed by atoms with Crippen molar-refractivity contribution in [1.29, 1.82) is 0 Å². The molecule has 0 aliphatic rings. The molecule has 1 aromatic heterocycles. The SMILES string of the molecule is Cc1cc(C)n(CCCCC(N)=NO)n1. The molecule has 5 heteroatoms. The number of aryl methyl sites for hydroxylation is 3. The molecule has 15 heavy (non-hydrogen) atoms. The van der Waals surface area contributed by atoms with Crippen LogP contribution in [0.5, 0.6) is 0 Å². The summed E-state index contributed by atoms with van der Waals surface area (Å²) < 4.78 is 1.99. The fourth-order valence-corrected chi connectivity index (χ4v) is 1.52. The summed E-state index contributed by atoms with van der Waals surface area (Å²) in [5, 5.41) is 15.6. The maximum Gasteiger partial charge on any atom is 0.139 e. The lowest BCUT2D eigenvalue weighted by molar-refractivity contribution is 0.316. The van der Waals surface area contributed by atoms with Crippen molar-refractivity contribution in [3.8, 4) is 0 Å². The molecular weight excluding hydrogens is 192 g/mol. The Morgan fingerprint density at radius 1 is 1.53 bits per heavy atom. The predicted octanol–water partition coefficient (Wildman–Crippen LogP) is 1.42. The first kappa shape index (κ1) is 11.6. The van der Waals surface area contributed by atoms with Crippen molar-refractivity contribution < 1.29 is 5.21 Å². The van der Waals surface area contributed by atoms with Gasteiger partial charge in [0.05, 0.1) is 5.69 Å². The highest BCUT2D eigenvalue weighted by molar-refractivity contribution is 5.79. The van der Waals surface area contributed by atoms with Crippen LogP contribution in [0.2, 0.25) is 0 Å². The zero-order chi connectivity index (χ0) is 11.3. The van der Waals surface area contributed by atoms with Crippen molar-refractivity contribution >= 4 is 5.84 Å². The van der Waals surface area contributed by atoms with Crippen molar-refractivity contribution in [3.63, 3.8) is 0 Å². The smallest absolute Gasteiger partial charge is 0.139 e. The van der Waals surface area contributed by atoms with Crippen molar-refractivity contribution in [2.75, 3.05) is 0 Å². The fraction of sp³-hybridized carbons (Fsp3) is 0.600. The highest BCUT2D eigenvalue weighted by atomic mass is 16.4. The number of amidine groups is 1. The molecule has 84 valence electrons. The van der Waals surface area contributed by atoms with Crippen molar-refractivity contribution in [2.45, 2.75) is 39.7 Å². The first-order chi connectivity index (χ1) is 7.13. The van der Waals surface area contributed by atoms with E-state index >= 15 is 0 Å². The molecule has 0 atom stereocenters. The summed E-state index contributed by atoms with van der Waals surface area (Å²) in [4.78, 5) is 0. The summed E-state index contributed by atoms with van der Waals surface area (Å²) in [6.07, 6.45) is 2.53. The van der Waals surface area contributed by atoms with Gasteiger partial charge in [0.15, 0.2) is 0 Å². The largest absolute Gasteiger partial charge is 0.409 e. The third-order valence-electron chi connectivity index (χ3n) is 2.28. The molecule has 0 fully saturated rings. The summed E-state index contributed by atoms with van der Waals surface area (Å²) in [5.41, 5.74) is 7.59. The van der Waals surface area contributed by atoms with E-state index in [1.54, 1.807) is 0 Å². The van der Waals surface area contributed by atoms with E-state index in [1.807, 2.05) is 18.5 Å². The van der Waals surface area contributed by atoms with Crippen LogP contribution in [0.25, 0.3) is 0 Å². The van der Waals surface area contributed by atoms with E-state index in [-0.39, 0.29) is 0 Å². The average molecular weight is 210 g/mol. The molecule has 0 aliphatic heterocycles. The van der Waals surface area contributed by atoms with Gasteiger partial charge in [0, 0.05) is 18.7 Å². The van der Waals surface area contributed by atoms with Gasteiger partial charge in [0.2, 0.25) is 0 Å². The predicted molar refractivity (Wildman–Crippen MR) is 59.0 cm³/mol. The summed E-state index contributed by atoms with van der Waals surface area (Å²) in [7, 11) is 0. The van der Waals surface area contributed by atoms with Gasteiger partial charge in [-0.15, -0.1) is 0 Å². The molecule has 0 aromatic carbocycles. The van der Waals surface area contributed by atoms with Crippen LogP contribution in [0.3, 0.4) is 0 Å². The molecule has 5 nitrogen and oxygen atoms in total. The van der Waals surface area contributed by atoms with Crippen LogP contribution in [0.1, 0.15) is 30.7 Å². The topological polar surface area (TPSA) is 76.4 Å². The first-order valence-corrected chi connectivity index (χ1v) is 5.11. The molecule has 3 N–H and O–H groups in total. The third kappa shape index (κ3) is 3.61. The van der Waals surface area contributed by atoms with Crippen molar-refractivity contribution in [1.82, 2.24) is 9.78 Å². The first-order valence-electron chi connectivity index (χ1n) is 5.11. The van der Waals surface area contributed by atoms with Gasteiger partial charge in [-0.1, -0.05) is 5.16 Å². The quantitative estimate of drug-likeness (QED) is 0.254. The standard InChI is InChI=1S/C10H18N4O/c1-8-7-9(2)14(12-8)6-4-3-5-10(11)13-15/h7,15H,3-6H2,1-2H3,(H2,11,13). The number of unbranched alkanes of at least 4 members (excludes halogenated alkanes) is 1. The Labute approximate surface area is 89.6 Å². The van der Waals surface area contributed by atoms with Gasteiger partial charge in [-0.25, -0.2) is 0 Å². The number of hydrogen-bond donors (Lipinski definition) is 2. The second-order valence-electron chi connectivity index (χ2n) is 3.70. The van der Waals surface area contributed by atoms with Gasteiger partial charge >= 0.3 is 0 Å². The van der Waals surface area contributed by atoms with E-state index in [1.165, 1.54) is 5.69 Å². The molecule has 0 bridgehead atoms. The zero-order valence-electron chi connectivity index (χ0n) is 9.27. The van der Waals surface area contributed by atoms with Crippen LogP contribution in [-0.2, 0) is 6.54 Å². The van der Waals surface area contributed by atoms with Gasteiger partial charge in [0.1, 0.15) is 5.84 Å². The minimum absolute atomic E-state index is 0.295. The van der Waals surface area contributed by atoms with Crippen LogP contribution in [-0.4, -0.2) is 20.8 Å². The molecule has 0 saturated heterocycles. The van der Waals surface area contributed by atoms with Crippen LogP contribution in [0.15, 0.2) is 11.2 Å². The molecule has 0 spiro atoms. The minimum Gasteiger partial charge on any atom is -0.409 e. The monoisotopic (exact) mass is 210 g/mol. The summed E-state index contributed by atoms with van der Waals surface area (Å²) in [6.45, 7) is 4.92. The highest BCUT2D eigenvalue weighted by Gasteiger charge is 2.00. The third-order valence-corrected chi connectivity index (χ3v) is 2.28. The summed E-state index contributed by atoms with van der Waals surface area (Å²) in [5.74, 6) is 0.295. The zero-order valence-corrected chi connectivity index (χ0v) is 9.27. The molecule has 0 unspecified atom stereocenters. The maximum atomic E-state index is 8.34. The van der Waals surface area contributed by atoms with Crippen molar-refractivity contribution in [3.05, 3.63) is 17.5 Å². The molecule has 0 radical (unpaired) electrons. The fourth-order valence-electron chi connectivity index (χ4n) is 1.52. The number of aromatic nitrogens is 2. The Kier molecular flexibility index (Phi) is 4.15. The van der Waals surface area contributed by atoms with Gasteiger partial charge < -0.3 is 10.9 Å². The average Bonchev–Trinajstić information content (AvgIpc) is 2.52. The molecule has 0 aliphatic carbocycles. The number of nitrogens with zero attached hydrogens (tertiary/aromatic N) is 3. The number of rotatable bonds is 5. The maximum absolute atomic E-state index is 8.34. The minimum atomic E-state index is 0.295. The Balaban J connectivity index is 2.29. The Hall–Kier alpha value is -1.52. The van der Waals surface area contributed by atoms with E-state index in [9.17, 15) is 0 Å². The number of nitrogens with two attached hydrogens (primary N) is 1. The lowest BCUT2D eigenvalue weighted by Crippen LogP contribution is -2.11. The second kappa shape index (κ2) is 5.38. The van der Waals surface area contributed by atoms with E-state index in [0.717, 1.165) is 25.1 Å². The van der Waals surface area contributed by atoms with E-state index in [0.29, 0.717) is 12.3 Å². The lowest BCUT2D eigenvalue weighted by atomic mass is 10.2. The van der Waals surface area contributed by atoms with E-state index in [2.05, 4.69) is 16.3 Å². The summed E-state index contributed by atoms with van der Waals surface area (Å²) >= 11 is 0. The molecule has 0 saturated carbocycles. The molecule has 1 aromatic rings. The Morgan fingerprint density at radius 2 is 2.27 bits per heavy atom. The van der Waals surface area contributed by atoms with E-state index < -0.39 is 0 Å². The Bertz CT molecular complexity index is 343. The highest BCUT2D eigenvalue weighted by Crippen LogP contribution is 2.04. The normalized spacial score (nSPS) is 12.0. The van der Waals surface area contributed by atoms with Gasteiger partial charge in [-0.05, 0) is 32.8 Å². The van der Waals surface area contributed by atoms with Crippen LogP contribution in [0, 0.1) is 13.8 Å². The molecule has 0 amide bonds. The van der Waals surface area contributed by atoms with Crippen LogP contribution >= 0.6 is 0 Å².